The lowest BCUT2D eigenvalue weighted by molar-refractivity contribution is 0.0774. The molecule has 7 nitrogen and oxygen atoms in total. The van der Waals surface area contributed by atoms with Crippen molar-refractivity contribution in [2.24, 2.45) is 0 Å². The van der Waals surface area contributed by atoms with Crippen LogP contribution in [0.25, 0.3) is 0 Å². The number of amides is 3. The first kappa shape index (κ1) is 14.1. The predicted molar refractivity (Wildman–Crippen MR) is 79.5 cm³/mol. The van der Waals surface area contributed by atoms with Crippen LogP contribution in [0.1, 0.15) is 27.7 Å². The van der Waals surface area contributed by atoms with Crippen LogP contribution in [0.5, 0.6) is 0 Å². The molecule has 1 aromatic carbocycles. The van der Waals surface area contributed by atoms with Gasteiger partial charge in [0.1, 0.15) is 5.76 Å². The van der Waals surface area contributed by atoms with E-state index in [1.54, 1.807) is 31.0 Å². The van der Waals surface area contributed by atoms with Crippen molar-refractivity contribution in [2.75, 3.05) is 18.9 Å². The van der Waals surface area contributed by atoms with E-state index in [2.05, 4.69) is 15.8 Å². The number of urea groups is 1. The van der Waals surface area contributed by atoms with Crippen LogP contribution in [0.4, 0.5) is 10.6 Å². The van der Waals surface area contributed by atoms with Crippen molar-refractivity contribution >= 4 is 17.8 Å². The van der Waals surface area contributed by atoms with Crippen LogP contribution in [0.15, 0.2) is 34.9 Å². The van der Waals surface area contributed by atoms with E-state index in [9.17, 15) is 9.59 Å². The van der Waals surface area contributed by atoms with Gasteiger partial charge in [-0.15, -0.1) is 0 Å². The summed E-state index contributed by atoms with van der Waals surface area (Å²) in [6.45, 7) is 2.06. The van der Waals surface area contributed by atoms with Gasteiger partial charge in [-0.05, 0) is 18.6 Å². The number of hydrogen-bond acceptors (Lipinski definition) is 4. The number of fused-ring (bicyclic) bond motifs is 1. The second-order valence-corrected chi connectivity index (χ2v) is 5.18. The molecular weight excluding hydrogens is 284 g/mol. The van der Waals surface area contributed by atoms with E-state index in [0.717, 1.165) is 5.56 Å². The normalized spacial score (nSPS) is 16.5. The number of benzene rings is 1. The van der Waals surface area contributed by atoms with Crippen molar-refractivity contribution in [1.29, 1.82) is 0 Å². The molecule has 0 aliphatic carbocycles. The minimum Gasteiger partial charge on any atom is -0.360 e. The number of likely N-dealkylation sites (N-methyl/N-ethyl adjacent to an activating group) is 1. The summed E-state index contributed by atoms with van der Waals surface area (Å²) in [5.74, 6) is 0.937. The molecule has 0 fully saturated rings. The SMILES string of the molecule is Cc1cc(NC(=O)NCC2c3ccccc3C(=O)N2C)no1. The molecule has 0 saturated heterocycles. The molecule has 0 saturated carbocycles. The average molecular weight is 300 g/mol. The summed E-state index contributed by atoms with van der Waals surface area (Å²) in [6, 6.07) is 8.48. The Morgan fingerprint density at radius 3 is 2.91 bits per heavy atom. The fourth-order valence-electron chi connectivity index (χ4n) is 2.54. The molecule has 114 valence electrons. The highest BCUT2D eigenvalue weighted by Gasteiger charge is 2.33. The Kier molecular flexibility index (Phi) is 3.54. The summed E-state index contributed by atoms with van der Waals surface area (Å²) < 4.78 is 4.88. The smallest absolute Gasteiger partial charge is 0.320 e. The van der Waals surface area contributed by atoms with Crippen molar-refractivity contribution in [3.63, 3.8) is 0 Å². The number of aromatic nitrogens is 1. The number of nitrogens with one attached hydrogen (secondary N) is 2. The number of nitrogens with zero attached hydrogens (tertiary/aromatic N) is 2. The van der Waals surface area contributed by atoms with Crippen LogP contribution >= 0.6 is 0 Å². The number of rotatable bonds is 3. The highest BCUT2D eigenvalue weighted by Crippen LogP contribution is 2.31. The Labute approximate surface area is 127 Å². The van der Waals surface area contributed by atoms with E-state index in [1.165, 1.54) is 0 Å². The third-order valence-electron chi connectivity index (χ3n) is 3.66. The number of aryl methyl sites for hydroxylation is 1. The third-order valence-corrected chi connectivity index (χ3v) is 3.66. The van der Waals surface area contributed by atoms with E-state index in [-0.39, 0.29) is 11.9 Å². The first-order valence-corrected chi connectivity index (χ1v) is 6.90. The summed E-state index contributed by atoms with van der Waals surface area (Å²) in [5.41, 5.74) is 1.61. The Morgan fingerprint density at radius 2 is 2.18 bits per heavy atom. The Morgan fingerprint density at radius 1 is 1.41 bits per heavy atom. The van der Waals surface area contributed by atoms with Crippen molar-refractivity contribution in [2.45, 2.75) is 13.0 Å². The molecule has 3 rings (SSSR count). The Hall–Kier alpha value is -2.83. The average Bonchev–Trinajstić information content (AvgIpc) is 3.01. The minimum absolute atomic E-state index is 0.0325. The van der Waals surface area contributed by atoms with E-state index in [4.69, 9.17) is 4.52 Å². The zero-order valence-electron chi connectivity index (χ0n) is 12.3. The molecule has 1 atom stereocenters. The summed E-state index contributed by atoms with van der Waals surface area (Å²) in [6.07, 6.45) is 0. The fourth-order valence-corrected chi connectivity index (χ4v) is 2.54. The fraction of sp³-hybridized carbons (Fsp3) is 0.267. The van der Waals surface area contributed by atoms with Gasteiger partial charge < -0.3 is 14.7 Å². The first-order chi connectivity index (χ1) is 10.6. The van der Waals surface area contributed by atoms with Crippen LogP contribution in [0.3, 0.4) is 0 Å². The van der Waals surface area contributed by atoms with Crippen LogP contribution in [-0.4, -0.2) is 35.6 Å². The highest BCUT2D eigenvalue weighted by molar-refractivity contribution is 5.99. The lowest BCUT2D eigenvalue weighted by Gasteiger charge is -2.21. The molecule has 2 N–H and O–H groups in total. The van der Waals surface area contributed by atoms with E-state index in [0.29, 0.717) is 23.7 Å². The van der Waals surface area contributed by atoms with Crippen molar-refractivity contribution in [1.82, 2.24) is 15.4 Å². The van der Waals surface area contributed by atoms with Gasteiger partial charge in [-0.3, -0.25) is 10.1 Å². The number of carbonyl (C=O) groups is 2. The standard InChI is InChI=1S/C15H16N4O3/c1-9-7-13(18-22-9)17-15(21)16-8-12-10-5-3-4-6-11(10)14(20)19(12)2/h3-7,12H,8H2,1-2H3,(H2,16,17,18,21). The van der Waals surface area contributed by atoms with Gasteiger partial charge in [0.2, 0.25) is 0 Å². The van der Waals surface area contributed by atoms with Gasteiger partial charge in [-0.25, -0.2) is 4.79 Å². The molecule has 7 heteroatoms. The highest BCUT2D eigenvalue weighted by atomic mass is 16.5. The van der Waals surface area contributed by atoms with E-state index >= 15 is 0 Å². The molecule has 2 heterocycles. The Balaban J connectivity index is 1.64. The topological polar surface area (TPSA) is 87.5 Å². The molecule has 0 spiro atoms. The molecule has 0 radical (unpaired) electrons. The summed E-state index contributed by atoms with van der Waals surface area (Å²) in [4.78, 5) is 25.6. The summed E-state index contributed by atoms with van der Waals surface area (Å²) >= 11 is 0. The molecule has 1 aromatic heterocycles. The zero-order valence-corrected chi connectivity index (χ0v) is 12.3. The van der Waals surface area contributed by atoms with Crippen LogP contribution < -0.4 is 10.6 Å². The van der Waals surface area contributed by atoms with Gasteiger partial charge in [-0.1, -0.05) is 23.4 Å². The minimum atomic E-state index is -0.390. The predicted octanol–water partition coefficient (Wildman–Crippen LogP) is 1.93. The molecule has 2 aromatic rings. The van der Waals surface area contributed by atoms with Crippen molar-refractivity contribution < 1.29 is 14.1 Å². The van der Waals surface area contributed by atoms with Crippen LogP contribution in [0, 0.1) is 6.92 Å². The first-order valence-electron chi connectivity index (χ1n) is 6.90. The van der Waals surface area contributed by atoms with Gasteiger partial charge >= 0.3 is 6.03 Å². The lowest BCUT2D eigenvalue weighted by atomic mass is 10.1. The van der Waals surface area contributed by atoms with Crippen LogP contribution in [-0.2, 0) is 0 Å². The quantitative estimate of drug-likeness (QED) is 0.906. The van der Waals surface area contributed by atoms with Crippen molar-refractivity contribution in [3.05, 3.63) is 47.2 Å². The largest absolute Gasteiger partial charge is 0.360 e. The van der Waals surface area contributed by atoms with Gasteiger partial charge in [0, 0.05) is 25.2 Å². The number of hydrogen-bond donors (Lipinski definition) is 2. The monoisotopic (exact) mass is 300 g/mol. The van der Waals surface area contributed by atoms with Crippen LogP contribution in [0.2, 0.25) is 0 Å². The molecule has 1 unspecified atom stereocenters. The maximum absolute atomic E-state index is 12.1. The van der Waals surface area contributed by atoms with E-state index < -0.39 is 6.03 Å². The van der Waals surface area contributed by atoms with Gasteiger partial charge in [-0.2, -0.15) is 0 Å². The third kappa shape index (κ3) is 2.52. The molecular formula is C15H16N4O3. The van der Waals surface area contributed by atoms with Gasteiger partial charge in [0.05, 0.1) is 6.04 Å². The second kappa shape index (κ2) is 5.51. The summed E-state index contributed by atoms with van der Waals surface area (Å²) in [5, 5.41) is 9.01. The maximum Gasteiger partial charge on any atom is 0.320 e. The second-order valence-electron chi connectivity index (χ2n) is 5.18. The van der Waals surface area contributed by atoms with E-state index in [1.807, 2.05) is 18.2 Å². The zero-order chi connectivity index (χ0) is 15.7. The number of carbonyl (C=O) groups excluding carboxylic acids is 2. The molecule has 0 bridgehead atoms. The maximum atomic E-state index is 12.1. The lowest BCUT2D eigenvalue weighted by Crippen LogP contribution is -2.36. The van der Waals surface area contributed by atoms with Gasteiger partial charge in [0.25, 0.3) is 5.91 Å². The van der Waals surface area contributed by atoms with Gasteiger partial charge in [0.15, 0.2) is 5.82 Å². The molecule has 1 aliphatic heterocycles. The molecule has 1 aliphatic rings. The van der Waals surface area contributed by atoms with Crippen molar-refractivity contribution in [3.8, 4) is 0 Å². The Bertz CT molecular complexity index is 725. The summed E-state index contributed by atoms with van der Waals surface area (Å²) in [7, 11) is 1.73. The molecule has 3 amide bonds. The number of anilines is 1. The molecule has 22 heavy (non-hydrogen) atoms.